The number of benzene rings is 1. The maximum absolute atomic E-state index is 15.0. The third-order valence-electron chi connectivity index (χ3n) is 6.12. The molecular formula is C21H23F2N5O4S. The van der Waals surface area contributed by atoms with Crippen molar-refractivity contribution in [2.45, 2.75) is 36.2 Å². The maximum atomic E-state index is 15.0. The maximum Gasteiger partial charge on any atom is 0.274 e. The molecule has 0 bridgehead atoms. The molecule has 1 amide bonds. The van der Waals surface area contributed by atoms with Crippen molar-refractivity contribution in [2.24, 2.45) is 10.7 Å². The molecule has 2 aliphatic rings. The fourth-order valence-electron chi connectivity index (χ4n) is 4.33. The minimum atomic E-state index is -3.81. The lowest BCUT2D eigenvalue weighted by Crippen LogP contribution is -2.57. The smallest absolute Gasteiger partial charge is 0.274 e. The number of halogens is 2. The average molecular weight is 480 g/mol. The number of ether oxygens (including phenoxy) is 1. The summed E-state index contributed by atoms with van der Waals surface area (Å²) in [5.41, 5.74) is 6.30. The van der Waals surface area contributed by atoms with Crippen LogP contribution in [0.25, 0.3) is 0 Å². The number of hydrogen-bond acceptors (Lipinski definition) is 7. The normalized spacial score (nSPS) is 26.3. The predicted octanol–water partition coefficient (Wildman–Crippen LogP) is 1.83. The van der Waals surface area contributed by atoms with E-state index in [1.54, 1.807) is 0 Å². The zero-order chi connectivity index (χ0) is 23.9. The van der Waals surface area contributed by atoms with Crippen LogP contribution < -0.4 is 11.1 Å². The van der Waals surface area contributed by atoms with Crippen molar-refractivity contribution in [3.8, 4) is 0 Å². The van der Waals surface area contributed by atoms with Crippen LogP contribution in [0.5, 0.6) is 0 Å². The Hall–Kier alpha value is -3.12. The number of nitrogens with zero attached hydrogens (tertiary/aromatic N) is 3. The predicted molar refractivity (Wildman–Crippen MR) is 117 cm³/mol. The first kappa shape index (κ1) is 23.1. The highest BCUT2D eigenvalue weighted by molar-refractivity contribution is 7.90. The van der Waals surface area contributed by atoms with Crippen molar-refractivity contribution in [1.29, 1.82) is 0 Å². The molecular weight excluding hydrogens is 456 g/mol. The summed E-state index contributed by atoms with van der Waals surface area (Å²) in [7, 11) is -1.01. The number of pyridine rings is 1. The van der Waals surface area contributed by atoms with Crippen molar-refractivity contribution in [1.82, 2.24) is 9.29 Å². The fourth-order valence-corrected chi connectivity index (χ4v) is 6.10. The number of carbonyl (C=O) groups is 1. The van der Waals surface area contributed by atoms with E-state index in [4.69, 9.17) is 10.5 Å². The van der Waals surface area contributed by atoms with E-state index >= 15 is 0 Å². The molecule has 1 aromatic heterocycles. The van der Waals surface area contributed by atoms with E-state index in [0.717, 1.165) is 16.6 Å². The Bertz CT molecular complexity index is 1210. The van der Waals surface area contributed by atoms with Gasteiger partial charge < -0.3 is 15.8 Å². The van der Waals surface area contributed by atoms with E-state index in [9.17, 15) is 22.0 Å². The lowest BCUT2D eigenvalue weighted by atomic mass is 9.78. The first-order chi connectivity index (χ1) is 15.6. The second-order valence-corrected chi connectivity index (χ2v) is 10.2. The van der Waals surface area contributed by atoms with Gasteiger partial charge in [0.05, 0.1) is 18.3 Å². The van der Waals surface area contributed by atoms with Gasteiger partial charge in [0, 0.05) is 25.8 Å². The average Bonchev–Trinajstić information content (AvgIpc) is 2.79. The Morgan fingerprint density at radius 1 is 1.24 bits per heavy atom. The first-order valence-corrected chi connectivity index (χ1v) is 11.7. The summed E-state index contributed by atoms with van der Waals surface area (Å²) in [5, 5.41) is 1.67. The molecule has 9 nitrogen and oxygen atoms in total. The number of guanidine groups is 1. The second kappa shape index (κ2) is 8.67. The summed E-state index contributed by atoms with van der Waals surface area (Å²) in [4.78, 5) is 20.6. The number of hydrogen-bond donors (Lipinski definition) is 2. The Morgan fingerprint density at radius 2 is 2.00 bits per heavy atom. The number of nitrogens with one attached hydrogen (secondary N) is 1. The molecule has 1 saturated carbocycles. The minimum Gasteiger partial charge on any atom is -0.381 e. The van der Waals surface area contributed by atoms with Crippen LogP contribution in [0.4, 0.5) is 14.5 Å². The zero-order valence-electron chi connectivity index (χ0n) is 17.9. The molecule has 1 fully saturated rings. The van der Waals surface area contributed by atoms with E-state index in [1.807, 2.05) is 0 Å². The second-order valence-electron chi connectivity index (χ2n) is 8.02. The molecule has 3 N–H and O–H groups in total. The van der Waals surface area contributed by atoms with Gasteiger partial charge in [-0.1, -0.05) is 0 Å². The molecule has 0 radical (unpaired) electrons. The van der Waals surface area contributed by atoms with Crippen LogP contribution >= 0.6 is 0 Å². The van der Waals surface area contributed by atoms with E-state index in [0.29, 0.717) is 6.42 Å². The Balaban J connectivity index is 1.69. The monoisotopic (exact) mass is 479 g/mol. The number of sulfonamides is 1. The van der Waals surface area contributed by atoms with Crippen LogP contribution in [-0.4, -0.2) is 61.1 Å². The quantitative estimate of drug-likeness (QED) is 0.689. The standard InChI is InChI=1S/C21H23F2N5O4S/c1-28-21(24)27-19-15(8-13(32-2)9-18(19)33(28,30)31)14-7-12(4-5-16(14)23)26-20(29)17-6-3-11(22)10-25-17/h3-7,10,13,15,18-19H,8-9H2,1-2H3,(H2,24,27)(H,26,29). The van der Waals surface area contributed by atoms with Crippen molar-refractivity contribution >= 4 is 27.6 Å². The van der Waals surface area contributed by atoms with Crippen molar-refractivity contribution in [2.75, 3.05) is 19.5 Å². The van der Waals surface area contributed by atoms with Gasteiger partial charge in [-0.05, 0) is 48.7 Å². The SMILES string of the molecule is COC1CC(c2cc(NC(=O)c3ccc(F)cn3)ccc2F)C2N=C(N)N(C)S(=O)(=O)C2C1. The van der Waals surface area contributed by atoms with E-state index < -0.39 is 50.9 Å². The Morgan fingerprint density at radius 3 is 2.67 bits per heavy atom. The summed E-state index contributed by atoms with van der Waals surface area (Å²) in [6, 6.07) is 5.52. The van der Waals surface area contributed by atoms with E-state index in [-0.39, 0.29) is 29.3 Å². The summed E-state index contributed by atoms with van der Waals surface area (Å²) in [6.45, 7) is 0. The fraction of sp³-hybridized carbons (Fsp3) is 0.381. The molecule has 2 heterocycles. The third-order valence-corrected chi connectivity index (χ3v) is 8.31. The number of carbonyl (C=O) groups excluding carboxylic acids is 1. The van der Waals surface area contributed by atoms with Gasteiger partial charge in [-0.3, -0.25) is 4.79 Å². The molecule has 1 aliphatic carbocycles. The molecule has 0 saturated heterocycles. The van der Waals surface area contributed by atoms with Crippen LogP contribution in [0.3, 0.4) is 0 Å². The summed E-state index contributed by atoms with van der Waals surface area (Å²) >= 11 is 0. The molecule has 33 heavy (non-hydrogen) atoms. The zero-order valence-corrected chi connectivity index (χ0v) is 18.7. The van der Waals surface area contributed by atoms with Crippen molar-refractivity contribution in [3.05, 3.63) is 59.4 Å². The van der Waals surface area contributed by atoms with Gasteiger partial charge in [0.2, 0.25) is 16.0 Å². The highest BCUT2D eigenvalue weighted by Crippen LogP contribution is 2.43. The van der Waals surface area contributed by atoms with Gasteiger partial charge >= 0.3 is 0 Å². The number of methoxy groups -OCH3 is 1. The number of anilines is 1. The molecule has 4 rings (SSSR count). The summed E-state index contributed by atoms with van der Waals surface area (Å²) in [6.07, 6.45) is 1.01. The van der Waals surface area contributed by atoms with Crippen LogP contribution in [0.15, 0.2) is 41.5 Å². The van der Waals surface area contributed by atoms with Crippen LogP contribution in [-0.2, 0) is 14.8 Å². The van der Waals surface area contributed by atoms with E-state index in [1.165, 1.54) is 38.4 Å². The molecule has 1 aromatic carbocycles. The van der Waals surface area contributed by atoms with Crippen molar-refractivity contribution < 1.29 is 26.7 Å². The molecule has 0 spiro atoms. The molecule has 4 unspecified atom stereocenters. The number of fused-ring (bicyclic) bond motifs is 1. The Kier molecular flexibility index (Phi) is 6.06. The molecule has 2 aromatic rings. The largest absolute Gasteiger partial charge is 0.381 e. The summed E-state index contributed by atoms with van der Waals surface area (Å²) < 4.78 is 60.4. The molecule has 176 valence electrons. The first-order valence-electron chi connectivity index (χ1n) is 10.2. The number of aliphatic imine (C=N–C) groups is 1. The van der Waals surface area contributed by atoms with Gasteiger partial charge in [-0.2, -0.15) is 0 Å². The van der Waals surface area contributed by atoms with E-state index in [2.05, 4.69) is 15.3 Å². The molecule has 1 aliphatic heterocycles. The number of aromatic nitrogens is 1. The molecule has 12 heteroatoms. The van der Waals surface area contributed by atoms with Gasteiger partial charge in [-0.15, -0.1) is 0 Å². The summed E-state index contributed by atoms with van der Waals surface area (Å²) in [5.74, 6) is -2.57. The lowest BCUT2D eigenvalue weighted by molar-refractivity contribution is 0.0580. The number of nitrogens with two attached hydrogens (primary N) is 1. The molecule has 4 atom stereocenters. The number of rotatable bonds is 4. The van der Waals surface area contributed by atoms with Crippen LogP contribution in [0.2, 0.25) is 0 Å². The van der Waals surface area contributed by atoms with Crippen LogP contribution in [0.1, 0.15) is 34.8 Å². The topological polar surface area (TPSA) is 127 Å². The number of amides is 1. The van der Waals surface area contributed by atoms with Gasteiger partial charge in [-0.25, -0.2) is 31.5 Å². The van der Waals surface area contributed by atoms with Crippen LogP contribution in [0, 0.1) is 11.6 Å². The van der Waals surface area contributed by atoms with Gasteiger partial charge in [0.15, 0.2) is 0 Å². The third kappa shape index (κ3) is 4.27. The lowest BCUT2D eigenvalue weighted by Gasteiger charge is -2.43. The highest BCUT2D eigenvalue weighted by Gasteiger charge is 2.50. The van der Waals surface area contributed by atoms with Gasteiger partial charge in [0.25, 0.3) is 5.91 Å². The Labute approximate surface area is 189 Å². The van der Waals surface area contributed by atoms with Gasteiger partial charge in [0.1, 0.15) is 22.6 Å². The van der Waals surface area contributed by atoms with Crippen molar-refractivity contribution in [3.63, 3.8) is 0 Å². The minimum absolute atomic E-state index is 0.0155. The highest BCUT2D eigenvalue weighted by atomic mass is 32.2.